The fourth-order valence-corrected chi connectivity index (χ4v) is 4.09. The minimum atomic E-state index is -3.76. The molecule has 0 unspecified atom stereocenters. The summed E-state index contributed by atoms with van der Waals surface area (Å²) in [5.74, 6) is 0.330. The Kier molecular flexibility index (Phi) is 5.90. The highest BCUT2D eigenvalue weighted by molar-refractivity contribution is 7.92. The number of rotatable bonds is 7. The third-order valence-electron chi connectivity index (χ3n) is 4.55. The van der Waals surface area contributed by atoms with E-state index in [0.717, 1.165) is 16.8 Å². The number of benzene rings is 3. The molecule has 146 valence electrons. The average Bonchev–Trinajstić information content (AvgIpc) is 2.69. The first-order chi connectivity index (χ1) is 13.4. The van der Waals surface area contributed by atoms with Crippen LogP contribution < -0.4 is 14.8 Å². The Bertz CT molecular complexity index is 1050. The SMILES string of the molecule is COc1cc(C)c(C)cc1S(=O)(=O)Nc1ccc(NCc2ccccc2)cc1. The molecule has 0 spiro atoms. The van der Waals surface area contributed by atoms with E-state index in [1.165, 1.54) is 12.7 Å². The van der Waals surface area contributed by atoms with Crippen molar-refractivity contribution in [1.82, 2.24) is 0 Å². The zero-order valence-corrected chi connectivity index (χ0v) is 17.0. The van der Waals surface area contributed by atoms with Gasteiger partial charge in [-0.2, -0.15) is 0 Å². The van der Waals surface area contributed by atoms with E-state index in [2.05, 4.69) is 10.0 Å². The molecule has 0 aliphatic rings. The van der Waals surface area contributed by atoms with E-state index in [-0.39, 0.29) is 4.90 Å². The van der Waals surface area contributed by atoms with Gasteiger partial charge in [0, 0.05) is 17.9 Å². The van der Waals surface area contributed by atoms with Crippen LogP contribution in [0, 0.1) is 13.8 Å². The lowest BCUT2D eigenvalue weighted by Crippen LogP contribution is -2.14. The van der Waals surface area contributed by atoms with Crippen LogP contribution in [-0.2, 0) is 16.6 Å². The highest BCUT2D eigenvalue weighted by Gasteiger charge is 2.20. The summed E-state index contributed by atoms with van der Waals surface area (Å²) in [6.45, 7) is 4.50. The normalized spacial score (nSPS) is 11.1. The fraction of sp³-hybridized carbons (Fsp3) is 0.182. The van der Waals surface area contributed by atoms with Crippen LogP contribution in [0.1, 0.15) is 16.7 Å². The highest BCUT2D eigenvalue weighted by Crippen LogP contribution is 2.29. The smallest absolute Gasteiger partial charge is 0.265 e. The van der Waals surface area contributed by atoms with E-state index in [9.17, 15) is 8.42 Å². The van der Waals surface area contributed by atoms with Crippen LogP contribution >= 0.6 is 0 Å². The van der Waals surface area contributed by atoms with Crippen LogP contribution in [0.4, 0.5) is 11.4 Å². The molecule has 0 atom stereocenters. The number of nitrogens with one attached hydrogen (secondary N) is 2. The van der Waals surface area contributed by atoms with Gasteiger partial charge in [-0.05, 0) is 66.9 Å². The molecule has 3 aromatic rings. The lowest BCUT2D eigenvalue weighted by molar-refractivity contribution is 0.402. The molecule has 0 radical (unpaired) electrons. The summed E-state index contributed by atoms with van der Waals surface area (Å²) in [5.41, 5.74) is 4.45. The van der Waals surface area contributed by atoms with Gasteiger partial charge in [-0.25, -0.2) is 8.42 Å². The van der Waals surface area contributed by atoms with Gasteiger partial charge in [0.25, 0.3) is 10.0 Å². The molecule has 0 aliphatic heterocycles. The third kappa shape index (κ3) is 4.64. The Hall–Kier alpha value is -2.99. The van der Waals surface area contributed by atoms with Gasteiger partial charge in [-0.15, -0.1) is 0 Å². The van der Waals surface area contributed by atoms with E-state index >= 15 is 0 Å². The maximum atomic E-state index is 12.8. The molecule has 0 fully saturated rings. The van der Waals surface area contributed by atoms with E-state index in [4.69, 9.17) is 4.74 Å². The number of hydrogen-bond donors (Lipinski definition) is 2. The zero-order chi connectivity index (χ0) is 20.1. The van der Waals surface area contributed by atoms with Gasteiger partial charge >= 0.3 is 0 Å². The van der Waals surface area contributed by atoms with Crippen molar-refractivity contribution in [3.05, 3.63) is 83.4 Å². The summed E-state index contributed by atoms with van der Waals surface area (Å²) in [5, 5.41) is 3.32. The van der Waals surface area contributed by atoms with Gasteiger partial charge in [-0.3, -0.25) is 4.72 Å². The molecule has 2 N–H and O–H groups in total. The van der Waals surface area contributed by atoms with Gasteiger partial charge in [0.15, 0.2) is 0 Å². The number of hydrogen-bond acceptors (Lipinski definition) is 4. The molecule has 0 saturated carbocycles. The number of sulfonamides is 1. The lowest BCUT2D eigenvalue weighted by Gasteiger charge is -2.14. The van der Waals surface area contributed by atoms with Crippen molar-refractivity contribution in [1.29, 1.82) is 0 Å². The lowest BCUT2D eigenvalue weighted by atomic mass is 10.1. The van der Waals surface area contributed by atoms with Crippen molar-refractivity contribution < 1.29 is 13.2 Å². The van der Waals surface area contributed by atoms with Crippen LogP contribution in [0.5, 0.6) is 5.75 Å². The van der Waals surface area contributed by atoms with E-state index in [1.54, 1.807) is 24.3 Å². The predicted molar refractivity (Wildman–Crippen MR) is 113 cm³/mol. The first kappa shape index (κ1) is 19.8. The number of methoxy groups -OCH3 is 1. The minimum Gasteiger partial charge on any atom is -0.495 e. The van der Waals surface area contributed by atoms with Gasteiger partial charge < -0.3 is 10.1 Å². The number of aryl methyl sites for hydroxylation is 2. The zero-order valence-electron chi connectivity index (χ0n) is 16.2. The summed E-state index contributed by atoms with van der Waals surface area (Å²) in [7, 11) is -2.29. The molecule has 3 aromatic carbocycles. The van der Waals surface area contributed by atoms with E-state index < -0.39 is 10.0 Å². The van der Waals surface area contributed by atoms with E-state index in [1.807, 2.05) is 56.3 Å². The molecule has 0 amide bonds. The van der Waals surface area contributed by atoms with Crippen LogP contribution in [-0.4, -0.2) is 15.5 Å². The molecular weight excluding hydrogens is 372 g/mol. The van der Waals surface area contributed by atoms with Crippen molar-refractivity contribution in [3.63, 3.8) is 0 Å². The molecule has 6 heteroatoms. The van der Waals surface area contributed by atoms with Crippen molar-refractivity contribution in [2.45, 2.75) is 25.3 Å². The quantitative estimate of drug-likeness (QED) is 0.606. The van der Waals surface area contributed by atoms with Gasteiger partial charge in [0.1, 0.15) is 10.6 Å². The van der Waals surface area contributed by atoms with Crippen LogP contribution in [0.15, 0.2) is 71.6 Å². The van der Waals surface area contributed by atoms with Gasteiger partial charge in [-0.1, -0.05) is 30.3 Å². The summed E-state index contributed by atoms with van der Waals surface area (Å²) in [4.78, 5) is 0.129. The summed E-state index contributed by atoms with van der Waals surface area (Å²) in [6.07, 6.45) is 0. The minimum absolute atomic E-state index is 0.129. The van der Waals surface area contributed by atoms with Crippen LogP contribution in [0.25, 0.3) is 0 Å². The maximum absolute atomic E-state index is 12.8. The molecule has 0 aromatic heterocycles. The largest absolute Gasteiger partial charge is 0.495 e. The summed E-state index contributed by atoms with van der Waals surface area (Å²) >= 11 is 0. The Morgan fingerprint density at radius 2 is 1.46 bits per heavy atom. The van der Waals surface area contributed by atoms with Gasteiger partial charge in [0.05, 0.1) is 7.11 Å². The second kappa shape index (κ2) is 8.35. The number of anilines is 2. The van der Waals surface area contributed by atoms with Crippen molar-refractivity contribution >= 4 is 21.4 Å². The fourth-order valence-electron chi connectivity index (χ4n) is 2.80. The Balaban J connectivity index is 1.73. The van der Waals surface area contributed by atoms with Crippen molar-refractivity contribution in [3.8, 4) is 5.75 Å². The van der Waals surface area contributed by atoms with Crippen LogP contribution in [0.3, 0.4) is 0 Å². The predicted octanol–water partition coefficient (Wildman–Crippen LogP) is 4.72. The Labute approximate surface area is 166 Å². The topological polar surface area (TPSA) is 67.4 Å². The second-order valence-electron chi connectivity index (χ2n) is 6.61. The molecule has 0 saturated heterocycles. The first-order valence-corrected chi connectivity index (χ1v) is 10.4. The molecular formula is C22H24N2O3S. The third-order valence-corrected chi connectivity index (χ3v) is 5.95. The summed E-state index contributed by atoms with van der Waals surface area (Å²) < 4.78 is 33.6. The standard InChI is InChI=1S/C22H24N2O3S/c1-16-13-21(27-3)22(14-17(16)2)28(25,26)24-20-11-9-19(10-12-20)23-15-18-7-5-4-6-8-18/h4-14,23-24H,15H2,1-3H3. The molecule has 3 rings (SSSR count). The Morgan fingerprint density at radius 3 is 2.11 bits per heavy atom. The second-order valence-corrected chi connectivity index (χ2v) is 8.26. The van der Waals surface area contributed by atoms with Crippen LogP contribution in [0.2, 0.25) is 0 Å². The van der Waals surface area contributed by atoms with Crippen molar-refractivity contribution in [2.24, 2.45) is 0 Å². The molecule has 0 aliphatic carbocycles. The first-order valence-electron chi connectivity index (χ1n) is 8.95. The molecule has 5 nitrogen and oxygen atoms in total. The Morgan fingerprint density at radius 1 is 0.857 bits per heavy atom. The van der Waals surface area contributed by atoms with E-state index in [0.29, 0.717) is 18.0 Å². The molecule has 28 heavy (non-hydrogen) atoms. The molecule has 0 heterocycles. The molecule has 0 bridgehead atoms. The number of ether oxygens (including phenoxy) is 1. The highest BCUT2D eigenvalue weighted by atomic mass is 32.2. The van der Waals surface area contributed by atoms with Gasteiger partial charge in [0.2, 0.25) is 0 Å². The van der Waals surface area contributed by atoms with Crippen molar-refractivity contribution in [2.75, 3.05) is 17.1 Å². The maximum Gasteiger partial charge on any atom is 0.265 e. The summed E-state index contributed by atoms with van der Waals surface area (Å²) in [6, 6.07) is 20.6. The average molecular weight is 397 g/mol. The monoisotopic (exact) mass is 396 g/mol.